The number of sulfonamides is 1. The van der Waals surface area contributed by atoms with Crippen molar-refractivity contribution in [2.24, 2.45) is 0 Å². The fourth-order valence-corrected chi connectivity index (χ4v) is 4.38. The Morgan fingerprint density at radius 3 is 2.50 bits per heavy atom. The molecule has 0 atom stereocenters. The molecule has 1 fully saturated rings. The summed E-state index contributed by atoms with van der Waals surface area (Å²) in [5.41, 5.74) is 1.48. The van der Waals surface area contributed by atoms with E-state index >= 15 is 0 Å². The van der Waals surface area contributed by atoms with Crippen molar-refractivity contribution in [3.63, 3.8) is 0 Å². The summed E-state index contributed by atoms with van der Waals surface area (Å²) in [4.78, 5) is 13.7. The van der Waals surface area contributed by atoms with Crippen molar-refractivity contribution in [3.05, 3.63) is 54.1 Å². The van der Waals surface area contributed by atoms with Gasteiger partial charge in [-0.1, -0.05) is 30.3 Å². The van der Waals surface area contributed by atoms with Gasteiger partial charge >= 0.3 is 0 Å². The van der Waals surface area contributed by atoms with Crippen molar-refractivity contribution >= 4 is 21.6 Å². The van der Waals surface area contributed by atoms with Gasteiger partial charge in [-0.2, -0.15) is 4.31 Å². The normalized spacial score (nSPS) is 14.9. The maximum atomic E-state index is 13.1. The number of carbonyl (C=O) groups excluding carboxylic acids is 1. The number of ether oxygens (including phenoxy) is 1. The van der Waals surface area contributed by atoms with Crippen molar-refractivity contribution in [3.8, 4) is 5.75 Å². The molecular formula is C19H22N2O4S. The Bertz CT molecular complexity index is 897. The molecule has 2 aromatic rings. The molecule has 1 amide bonds. The van der Waals surface area contributed by atoms with E-state index in [0.717, 1.165) is 12.0 Å². The zero-order valence-corrected chi connectivity index (χ0v) is 15.7. The van der Waals surface area contributed by atoms with Crippen LogP contribution in [0.1, 0.15) is 18.4 Å². The number of hydrogen-bond donors (Lipinski definition) is 0. The summed E-state index contributed by atoms with van der Waals surface area (Å²) in [5.74, 6) is 0.275. The van der Waals surface area contributed by atoms with Crippen LogP contribution in [-0.4, -0.2) is 39.3 Å². The molecule has 1 aliphatic heterocycles. The molecule has 0 N–H and O–H groups in total. The van der Waals surface area contributed by atoms with Crippen LogP contribution in [0.5, 0.6) is 5.75 Å². The lowest BCUT2D eigenvalue weighted by atomic mass is 10.2. The third-order valence-electron chi connectivity index (χ3n) is 4.47. The van der Waals surface area contributed by atoms with E-state index in [-0.39, 0.29) is 23.1 Å². The Labute approximate surface area is 154 Å². The van der Waals surface area contributed by atoms with Crippen molar-refractivity contribution in [1.29, 1.82) is 0 Å². The van der Waals surface area contributed by atoms with Crippen LogP contribution in [0.25, 0.3) is 0 Å². The van der Waals surface area contributed by atoms with Gasteiger partial charge in [0.05, 0.1) is 7.11 Å². The summed E-state index contributed by atoms with van der Waals surface area (Å²) < 4.78 is 32.8. The molecule has 0 saturated carbocycles. The van der Waals surface area contributed by atoms with E-state index in [9.17, 15) is 13.2 Å². The van der Waals surface area contributed by atoms with E-state index in [1.807, 2.05) is 30.3 Å². The summed E-state index contributed by atoms with van der Waals surface area (Å²) >= 11 is 0. The van der Waals surface area contributed by atoms with Gasteiger partial charge in [-0.05, 0) is 30.2 Å². The van der Waals surface area contributed by atoms with Gasteiger partial charge in [-0.15, -0.1) is 0 Å². The molecule has 0 bridgehead atoms. The predicted molar refractivity (Wildman–Crippen MR) is 99.7 cm³/mol. The first kappa shape index (κ1) is 18.4. The Kier molecular flexibility index (Phi) is 5.29. The number of hydrogen-bond acceptors (Lipinski definition) is 4. The van der Waals surface area contributed by atoms with Crippen molar-refractivity contribution in [2.45, 2.75) is 24.3 Å². The molecule has 0 unspecified atom stereocenters. The summed E-state index contributed by atoms with van der Waals surface area (Å²) in [6, 6.07) is 14.2. The molecule has 7 heteroatoms. The van der Waals surface area contributed by atoms with Gasteiger partial charge in [0.15, 0.2) is 0 Å². The third-order valence-corrected chi connectivity index (χ3v) is 6.29. The maximum Gasteiger partial charge on any atom is 0.246 e. The topological polar surface area (TPSA) is 66.9 Å². The highest BCUT2D eigenvalue weighted by molar-refractivity contribution is 7.89. The second-order valence-corrected chi connectivity index (χ2v) is 8.24. The van der Waals surface area contributed by atoms with E-state index in [0.29, 0.717) is 18.7 Å². The van der Waals surface area contributed by atoms with Gasteiger partial charge < -0.3 is 9.64 Å². The molecule has 1 aliphatic rings. The molecule has 3 rings (SSSR count). The summed E-state index contributed by atoms with van der Waals surface area (Å²) in [7, 11) is -0.805. The number of anilines is 1. The molecule has 0 aromatic heterocycles. The molecule has 0 aliphatic carbocycles. The predicted octanol–water partition coefficient (Wildman–Crippen LogP) is 2.64. The minimum Gasteiger partial charge on any atom is -0.495 e. The van der Waals surface area contributed by atoms with Crippen LogP contribution in [0.3, 0.4) is 0 Å². The van der Waals surface area contributed by atoms with Gasteiger partial charge in [-0.3, -0.25) is 4.79 Å². The smallest absolute Gasteiger partial charge is 0.246 e. The monoisotopic (exact) mass is 374 g/mol. The first-order valence-corrected chi connectivity index (χ1v) is 9.86. The fraction of sp³-hybridized carbons (Fsp3) is 0.316. The highest BCUT2D eigenvalue weighted by Crippen LogP contribution is 2.32. The first-order chi connectivity index (χ1) is 12.4. The molecular weight excluding hydrogens is 352 g/mol. The average Bonchev–Trinajstić information content (AvgIpc) is 3.08. The minimum atomic E-state index is -3.78. The molecule has 138 valence electrons. The number of carbonyl (C=O) groups is 1. The lowest BCUT2D eigenvalue weighted by Crippen LogP contribution is -2.28. The third kappa shape index (κ3) is 3.59. The van der Waals surface area contributed by atoms with Crippen LogP contribution < -0.4 is 9.64 Å². The molecule has 2 aromatic carbocycles. The highest BCUT2D eigenvalue weighted by Gasteiger charge is 2.28. The fourth-order valence-electron chi connectivity index (χ4n) is 3.05. The quantitative estimate of drug-likeness (QED) is 0.780. The van der Waals surface area contributed by atoms with Crippen LogP contribution in [0.15, 0.2) is 53.4 Å². The van der Waals surface area contributed by atoms with Gasteiger partial charge in [0, 0.05) is 32.2 Å². The van der Waals surface area contributed by atoms with Gasteiger partial charge in [0.2, 0.25) is 15.9 Å². The Hall–Kier alpha value is -2.38. The molecule has 1 saturated heterocycles. The first-order valence-electron chi connectivity index (χ1n) is 8.42. The van der Waals surface area contributed by atoms with E-state index < -0.39 is 10.0 Å². The number of amides is 1. The van der Waals surface area contributed by atoms with E-state index in [2.05, 4.69) is 0 Å². The number of rotatable bonds is 6. The lowest BCUT2D eigenvalue weighted by molar-refractivity contribution is -0.117. The summed E-state index contributed by atoms with van der Waals surface area (Å²) in [6.45, 7) is 0.851. The Balaban J connectivity index is 1.95. The second kappa shape index (κ2) is 7.47. The van der Waals surface area contributed by atoms with Crippen molar-refractivity contribution in [2.75, 3.05) is 25.6 Å². The standard InChI is InChI=1S/C19H22N2O4S/c1-20(14-15-7-4-3-5-8-15)26(23,24)18-13-16(10-11-17(18)25-2)21-12-6-9-19(21)22/h3-5,7-8,10-11,13H,6,9,12,14H2,1-2H3. The molecule has 1 heterocycles. The lowest BCUT2D eigenvalue weighted by Gasteiger charge is -2.22. The molecule has 26 heavy (non-hydrogen) atoms. The Morgan fingerprint density at radius 2 is 1.88 bits per heavy atom. The van der Waals surface area contributed by atoms with E-state index in [1.165, 1.54) is 24.5 Å². The average molecular weight is 374 g/mol. The van der Waals surface area contributed by atoms with E-state index in [4.69, 9.17) is 4.74 Å². The van der Waals surface area contributed by atoms with Crippen LogP contribution >= 0.6 is 0 Å². The van der Waals surface area contributed by atoms with Crippen molar-refractivity contribution < 1.29 is 17.9 Å². The highest BCUT2D eigenvalue weighted by atomic mass is 32.2. The summed E-state index contributed by atoms with van der Waals surface area (Å²) in [6.07, 6.45) is 1.27. The molecule has 6 nitrogen and oxygen atoms in total. The van der Waals surface area contributed by atoms with Crippen LogP contribution in [0.2, 0.25) is 0 Å². The summed E-state index contributed by atoms with van der Waals surface area (Å²) in [5, 5.41) is 0. The zero-order chi connectivity index (χ0) is 18.7. The van der Waals surface area contributed by atoms with Crippen molar-refractivity contribution in [1.82, 2.24) is 4.31 Å². The SMILES string of the molecule is COc1ccc(N2CCCC2=O)cc1S(=O)(=O)N(C)Cc1ccccc1. The number of nitrogens with zero attached hydrogens (tertiary/aromatic N) is 2. The largest absolute Gasteiger partial charge is 0.495 e. The maximum absolute atomic E-state index is 13.1. The van der Waals surface area contributed by atoms with Crippen LogP contribution in [0.4, 0.5) is 5.69 Å². The zero-order valence-electron chi connectivity index (χ0n) is 14.9. The Morgan fingerprint density at radius 1 is 1.15 bits per heavy atom. The van der Waals surface area contributed by atoms with Gasteiger partial charge in [-0.25, -0.2) is 8.42 Å². The number of benzene rings is 2. The minimum absolute atomic E-state index is 0.0103. The van der Waals surface area contributed by atoms with Crippen LogP contribution in [-0.2, 0) is 21.4 Å². The van der Waals surface area contributed by atoms with Gasteiger partial charge in [0.1, 0.15) is 10.6 Å². The molecule has 0 radical (unpaired) electrons. The van der Waals surface area contributed by atoms with Crippen LogP contribution in [0, 0.1) is 0 Å². The number of methoxy groups -OCH3 is 1. The van der Waals surface area contributed by atoms with Gasteiger partial charge in [0.25, 0.3) is 0 Å². The molecule has 0 spiro atoms. The van der Waals surface area contributed by atoms with E-state index in [1.54, 1.807) is 17.0 Å². The second-order valence-electron chi connectivity index (χ2n) is 6.23.